The van der Waals surface area contributed by atoms with Gasteiger partial charge in [-0.25, -0.2) is 14.4 Å². The van der Waals surface area contributed by atoms with Crippen LogP contribution in [0.5, 0.6) is 0 Å². The Morgan fingerprint density at radius 1 is 1.13 bits per heavy atom. The molecule has 2 aromatic rings. The molecule has 0 fully saturated rings. The van der Waals surface area contributed by atoms with Crippen molar-refractivity contribution in [2.45, 2.75) is 13.0 Å². The van der Waals surface area contributed by atoms with Gasteiger partial charge in [-0.3, -0.25) is 0 Å². The highest BCUT2D eigenvalue weighted by molar-refractivity contribution is 6.30. The van der Waals surface area contributed by atoms with Gasteiger partial charge < -0.3 is 20.1 Å². The molecule has 0 saturated heterocycles. The van der Waals surface area contributed by atoms with Crippen LogP contribution in [-0.2, 0) is 14.3 Å². The monoisotopic (exact) mass is 439 g/mol. The third kappa shape index (κ3) is 5.21. The van der Waals surface area contributed by atoms with Gasteiger partial charge in [-0.2, -0.15) is 5.26 Å². The normalized spacial score (nSPS) is 15.4. The lowest BCUT2D eigenvalue weighted by atomic mass is 9.95. The second kappa shape index (κ2) is 9.78. The molecule has 1 unspecified atom stereocenters. The second-order valence-electron chi connectivity index (χ2n) is 6.46. The maximum absolute atomic E-state index is 12.7. The Labute approximate surface area is 183 Å². The number of esters is 2. The van der Waals surface area contributed by atoms with Crippen LogP contribution < -0.4 is 10.6 Å². The van der Waals surface area contributed by atoms with Gasteiger partial charge >= 0.3 is 18.0 Å². The molecule has 1 atom stereocenters. The molecule has 158 valence electrons. The number of urea groups is 1. The Balaban J connectivity index is 1.92. The minimum atomic E-state index is -0.819. The predicted octanol–water partition coefficient (Wildman–Crippen LogP) is 3.24. The number of benzene rings is 2. The Kier molecular flexibility index (Phi) is 6.90. The number of hydrogen-bond acceptors (Lipinski definition) is 6. The van der Waals surface area contributed by atoms with Gasteiger partial charge in [0.1, 0.15) is 6.61 Å². The SMILES string of the molecule is CCOC(=O)C1=C(COC(=O)c2cccc(C#N)c2)NC(=O)NC1c1ccc(Cl)cc1. The summed E-state index contributed by atoms with van der Waals surface area (Å²) in [5.41, 5.74) is 1.30. The van der Waals surface area contributed by atoms with E-state index in [1.807, 2.05) is 6.07 Å². The van der Waals surface area contributed by atoms with Gasteiger partial charge in [0.05, 0.1) is 41.1 Å². The van der Waals surface area contributed by atoms with Crippen molar-refractivity contribution in [1.82, 2.24) is 10.6 Å². The van der Waals surface area contributed by atoms with Gasteiger partial charge in [0.15, 0.2) is 0 Å². The first-order valence-corrected chi connectivity index (χ1v) is 9.71. The number of halogens is 1. The molecule has 2 N–H and O–H groups in total. The topological polar surface area (TPSA) is 118 Å². The Bertz CT molecular complexity index is 1090. The highest BCUT2D eigenvalue weighted by Gasteiger charge is 2.34. The molecule has 0 spiro atoms. The number of hydrogen-bond donors (Lipinski definition) is 2. The summed E-state index contributed by atoms with van der Waals surface area (Å²) in [5.74, 6) is -1.36. The predicted molar refractivity (Wildman–Crippen MR) is 111 cm³/mol. The van der Waals surface area contributed by atoms with Crippen LogP contribution in [0.25, 0.3) is 0 Å². The molecule has 0 aliphatic carbocycles. The summed E-state index contributed by atoms with van der Waals surface area (Å²) in [6, 6.07) is 13.2. The van der Waals surface area contributed by atoms with E-state index in [1.54, 1.807) is 43.3 Å². The molecule has 1 aliphatic heterocycles. The fourth-order valence-corrected chi connectivity index (χ4v) is 3.15. The third-order valence-corrected chi connectivity index (χ3v) is 4.68. The molecule has 9 heteroatoms. The van der Waals surface area contributed by atoms with Gasteiger partial charge in [-0.05, 0) is 42.8 Å². The van der Waals surface area contributed by atoms with Crippen LogP contribution in [0.1, 0.15) is 34.5 Å². The van der Waals surface area contributed by atoms with Crippen molar-refractivity contribution in [3.63, 3.8) is 0 Å². The summed E-state index contributed by atoms with van der Waals surface area (Å²) in [4.78, 5) is 37.3. The van der Waals surface area contributed by atoms with Crippen LogP contribution in [0, 0.1) is 11.3 Å². The van der Waals surface area contributed by atoms with Crippen LogP contribution in [0.15, 0.2) is 59.8 Å². The van der Waals surface area contributed by atoms with Crippen molar-refractivity contribution in [1.29, 1.82) is 5.26 Å². The van der Waals surface area contributed by atoms with Crippen molar-refractivity contribution in [3.05, 3.63) is 81.5 Å². The summed E-state index contributed by atoms with van der Waals surface area (Å²) >= 11 is 5.94. The summed E-state index contributed by atoms with van der Waals surface area (Å²) in [6.45, 7) is 1.41. The largest absolute Gasteiger partial charge is 0.463 e. The van der Waals surface area contributed by atoms with Gasteiger partial charge in [-0.1, -0.05) is 29.8 Å². The molecule has 0 radical (unpaired) electrons. The van der Waals surface area contributed by atoms with Gasteiger partial charge in [0.25, 0.3) is 0 Å². The fourth-order valence-electron chi connectivity index (χ4n) is 3.02. The zero-order chi connectivity index (χ0) is 22.4. The Morgan fingerprint density at radius 2 is 1.87 bits per heavy atom. The minimum Gasteiger partial charge on any atom is -0.463 e. The number of nitrogens with zero attached hydrogens (tertiary/aromatic N) is 1. The van der Waals surface area contributed by atoms with Crippen molar-refractivity contribution < 1.29 is 23.9 Å². The second-order valence-corrected chi connectivity index (χ2v) is 6.90. The molecule has 8 nitrogen and oxygen atoms in total. The quantitative estimate of drug-likeness (QED) is 0.667. The molecule has 0 saturated carbocycles. The number of rotatable bonds is 6. The van der Waals surface area contributed by atoms with Crippen molar-refractivity contribution in [2.24, 2.45) is 0 Å². The lowest BCUT2D eigenvalue weighted by molar-refractivity contribution is -0.139. The zero-order valence-corrected chi connectivity index (χ0v) is 17.2. The number of ether oxygens (including phenoxy) is 2. The van der Waals surface area contributed by atoms with E-state index in [0.29, 0.717) is 16.1 Å². The Hall–Kier alpha value is -3.83. The minimum absolute atomic E-state index is 0.104. The summed E-state index contributed by atoms with van der Waals surface area (Å²) in [6.07, 6.45) is 0. The summed E-state index contributed by atoms with van der Waals surface area (Å²) in [5, 5.41) is 14.7. The number of carbonyl (C=O) groups is 3. The van der Waals surface area contributed by atoms with E-state index >= 15 is 0 Å². The lowest BCUT2D eigenvalue weighted by Crippen LogP contribution is -2.47. The molecule has 1 heterocycles. The molecule has 1 aliphatic rings. The number of nitrogens with one attached hydrogen (secondary N) is 2. The summed E-state index contributed by atoms with van der Waals surface area (Å²) < 4.78 is 10.5. The van der Waals surface area contributed by atoms with E-state index in [1.165, 1.54) is 12.1 Å². The van der Waals surface area contributed by atoms with Crippen LogP contribution in [0.3, 0.4) is 0 Å². The maximum atomic E-state index is 12.7. The number of nitriles is 1. The van der Waals surface area contributed by atoms with E-state index in [-0.39, 0.29) is 30.0 Å². The van der Waals surface area contributed by atoms with Crippen LogP contribution >= 0.6 is 11.6 Å². The molecule has 2 aromatic carbocycles. The maximum Gasteiger partial charge on any atom is 0.338 e. The average Bonchev–Trinajstić information content (AvgIpc) is 2.77. The molecular weight excluding hydrogens is 422 g/mol. The van der Waals surface area contributed by atoms with E-state index in [9.17, 15) is 14.4 Å². The molecule has 0 aromatic heterocycles. The molecule has 2 amide bonds. The smallest absolute Gasteiger partial charge is 0.338 e. The fraction of sp³-hybridized carbons (Fsp3) is 0.182. The van der Waals surface area contributed by atoms with Crippen molar-refractivity contribution in [3.8, 4) is 6.07 Å². The third-order valence-electron chi connectivity index (χ3n) is 4.43. The van der Waals surface area contributed by atoms with Crippen molar-refractivity contribution >= 4 is 29.6 Å². The van der Waals surface area contributed by atoms with Gasteiger partial charge in [0.2, 0.25) is 0 Å². The van der Waals surface area contributed by atoms with E-state index in [4.69, 9.17) is 26.3 Å². The summed E-state index contributed by atoms with van der Waals surface area (Å²) in [7, 11) is 0. The molecule has 0 bridgehead atoms. The van der Waals surface area contributed by atoms with Crippen LogP contribution in [0.2, 0.25) is 5.02 Å². The highest BCUT2D eigenvalue weighted by atomic mass is 35.5. The van der Waals surface area contributed by atoms with Crippen LogP contribution in [-0.4, -0.2) is 31.2 Å². The van der Waals surface area contributed by atoms with E-state index < -0.39 is 24.0 Å². The number of carbonyl (C=O) groups excluding carboxylic acids is 3. The molecule has 31 heavy (non-hydrogen) atoms. The number of amides is 2. The first-order valence-electron chi connectivity index (χ1n) is 9.33. The first-order chi connectivity index (χ1) is 14.9. The van der Waals surface area contributed by atoms with E-state index in [2.05, 4.69) is 10.6 Å². The van der Waals surface area contributed by atoms with Crippen LogP contribution in [0.4, 0.5) is 4.79 Å². The average molecular weight is 440 g/mol. The highest BCUT2D eigenvalue weighted by Crippen LogP contribution is 2.29. The Morgan fingerprint density at radius 3 is 2.55 bits per heavy atom. The van der Waals surface area contributed by atoms with Gasteiger partial charge in [-0.15, -0.1) is 0 Å². The molecule has 3 rings (SSSR count). The van der Waals surface area contributed by atoms with E-state index in [0.717, 1.165) is 0 Å². The first kappa shape index (κ1) is 21.9. The van der Waals surface area contributed by atoms with Gasteiger partial charge in [0, 0.05) is 5.02 Å². The standard InChI is InChI=1S/C22H18ClN3O5/c1-2-30-21(28)18-17(12-31-20(27)15-5-3-4-13(10-15)11-24)25-22(29)26-19(18)14-6-8-16(23)9-7-14/h3-10,19H,2,12H2,1H3,(H2,25,26,29). The molecular formula is C22H18ClN3O5. The zero-order valence-electron chi connectivity index (χ0n) is 16.5. The lowest BCUT2D eigenvalue weighted by Gasteiger charge is -2.29. The van der Waals surface area contributed by atoms with Crippen molar-refractivity contribution in [2.75, 3.05) is 13.2 Å².